The number of nitrogens with two attached hydrogens (primary N) is 1. The molecule has 1 unspecified atom stereocenters. The van der Waals surface area contributed by atoms with E-state index in [0.717, 1.165) is 26.2 Å². The SMILES string of the molecule is Cc1ccc(C(N)c2cc(C)c(Br)cc2C)c(Cl)c1. The molecule has 3 heteroatoms. The van der Waals surface area contributed by atoms with Crippen molar-refractivity contribution < 1.29 is 0 Å². The first kappa shape index (κ1) is 14.6. The van der Waals surface area contributed by atoms with Gasteiger partial charge in [-0.05, 0) is 60.7 Å². The maximum atomic E-state index is 6.39. The van der Waals surface area contributed by atoms with Crippen LogP contribution in [0, 0.1) is 20.8 Å². The lowest BCUT2D eigenvalue weighted by atomic mass is 9.94. The van der Waals surface area contributed by atoms with Crippen LogP contribution in [0.3, 0.4) is 0 Å². The van der Waals surface area contributed by atoms with E-state index >= 15 is 0 Å². The predicted molar refractivity (Wildman–Crippen MR) is 85.8 cm³/mol. The summed E-state index contributed by atoms with van der Waals surface area (Å²) in [5.41, 5.74) is 12.0. The highest BCUT2D eigenvalue weighted by molar-refractivity contribution is 9.10. The largest absolute Gasteiger partial charge is 0.320 e. The Balaban J connectivity index is 2.49. The Kier molecular flexibility index (Phi) is 4.34. The van der Waals surface area contributed by atoms with E-state index in [1.807, 2.05) is 25.1 Å². The highest BCUT2D eigenvalue weighted by Gasteiger charge is 2.15. The number of hydrogen-bond acceptors (Lipinski definition) is 1. The van der Waals surface area contributed by atoms with Crippen LogP contribution in [-0.2, 0) is 0 Å². The van der Waals surface area contributed by atoms with Crippen LogP contribution < -0.4 is 5.73 Å². The number of benzene rings is 2. The first-order valence-corrected chi connectivity index (χ1v) is 7.35. The Bertz CT molecular complexity index is 622. The lowest BCUT2D eigenvalue weighted by Crippen LogP contribution is -2.14. The van der Waals surface area contributed by atoms with E-state index in [1.54, 1.807) is 0 Å². The molecule has 2 aromatic carbocycles. The smallest absolute Gasteiger partial charge is 0.0569 e. The topological polar surface area (TPSA) is 26.0 Å². The summed E-state index contributed by atoms with van der Waals surface area (Å²) in [7, 11) is 0. The monoisotopic (exact) mass is 337 g/mol. The zero-order valence-electron chi connectivity index (χ0n) is 11.3. The van der Waals surface area contributed by atoms with Gasteiger partial charge in [0.2, 0.25) is 0 Å². The molecule has 0 aliphatic heterocycles. The fraction of sp³-hybridized carbons (Fsp3) is 0.250. The average molecular weight is 339 g/mol. The van der Waals surface area contributed by atoms with Crippen LogP contribution in [-0.4, -0.2) is 0 Å². The van der Waals surface area contributed by atoms with Gasteiger partial charge in [0.1, 0.15) is 0 Å². The van der Waals surface area contributed by atoms with Crippen molar-refractivity contribution in [2.45, 2.75) is 26.8 Å². The van der Waals surface area contributed by atoms with Gasteiger partial charge in [-0.25, -0.2) is 0 Å². The second kappa shape index (κ2) is 5.66. The minimum absolute atomic E-state index is 0.195. The molecular weight excluding hydrogens is 322 g/mol. The molecule has 2 rings (SSSR count). The lowest BCUT2D eigenvalue weighted by Gasteiger charge is -2.18. The zero-order chi connectivity index (χ0) is 14.2. The van der Waals surface area contributed by atoms with Gasteiger partial charge in [0, 0.05) is 9.50 Å². The highest BCUT2D eigenvalue weighted by atomic mass is 79.9. The van der Waals surface area contributed by atoms with Gasteiger partial charge in [0.05, 0.1) is 6.04 Å². The predicted octanol–water partition coefficient (Wildman–Crippen LogP) is 5.08. The summed E-state index contributed by atoms with van der Waals surface area (Å²) in [5, 5.41) is 0.729. The summed E-state index contributed by atoms with van der Waals surface area (Å²) in [6.07, 6.45) is 0. The van der Waals surface area contributed by atoms with Crippen molar-refractivity contribution in [3.63, 3.8) is 0 Å². The third kappa shape index (κ3) is 3.02. The number of halogens is 2. The molecule has 0 aliphatic carbocycles. The molecule has 100 valence electrons. The Morgan fingerprint density at radius 2 is 1.68 bits per heavy atom. The molecule has 0 aromatic heterocycles. The lowest BCUT2D eigenvalue weighted by molar-refractivity contribution is 0.858. The van der Waals surface area contributed by atoms with Crippen molar-refractivity contribution in [3.05, 3.63) is 67.6 Å². The quantitative estimate of drug-likeness (QED) is 0.812. The van der Waals surface area contributed by atoms with Crippen molar-refractivity contribution in [3.8, 4) is 0 Å². The van der Waals surface area contributed by atoms with E-state index in [-0.39, 0.29) is 6.04 Å². The number of hydrogen-bond donors (Lipinski definition) is 1. The standard InChI is InChI=1S/C16H17BrClN/c1-9-4-5-12(15(18)6-9)16(19)13-7-11(3)14(17)8-10(13)2/h4-8,16H,19H2,1-3H3. The minimum atomic E-state index is -0.195. The fourth-order valence-electron chi connectivity index (χ4n) is 2.19. The van der Waals surface area contributed by atoms with Crippen molar-refractivity contribution in [1.29, 1.82) is 0 Å². The van der Waals surface area contributed by atoms with Crippen molar-refractivity contribution >= 4 is 27.5 Å². The van der Waals surface area contributed by atoms with Gasteiger partial charge in [-0.1, -0.05) is 45.7 Å². The molecule has 19 heavy (non-hydrogen) atoms. The minimum Gasteiger partial charge on any atom is -0.320 e. The summed E-state index contributed by atoms with van der Waals surface area (Å²) < 4.78 is 1.11. The summed E-state index contributed by atoms with van der Waals surface area (Å²) >= 11 is 9.85. The first-order valence-electron chi connectivity index (χ1n) is 6.18. The summed E-state index contributed by atoms with van der Waals surface area (Å²) in [5.74, 6) is 0. The third-order valence-corrected chi connectivity index (χ3v) is 4.56. The molecule has 0 amide bonds. The molecule has 0 aliphatic rings. The Hall–Kier alpha value is -0.830. The van der Waals surface area contributed by atoms with Gasteiger partial charge < -0.3 is 5.73 Å². The second-order valence-corrected chi connectivity index (χ2v) is 6.22. The van der Waals surface area contributed by atoms with E-state index in [4.69, 9.17) is 17.3 Å². The van der Waals surface area contributed by atoms with Crippen molar-refractivity contribution in [2.24, 2.45) is 5.73 Å². The van der Waals surface area contributed by atoms with Gasteiger partial charge in [-0.15, -0.1) is 0 Å². The van der Waals surface area contributed by atoms with E-state index in [0.29, 0.717) is 0 Å². The summed E-state index contributed by atoms with van der Waals surface area (Å²) in [6, 6.07) is 10.0. The van der Waals surface area contributed by atoms with Crippen LogP contribution in [0.5, 0.6) is 0 Å². The molecule has 0 fully saturated rings. The van der Waals surface area contributed by atoms with Crippen LogP contribution >= 0.6 is 27.5 Å². The molecule has 0 bridgehead atoms. The van der Waals surface area contributed by atoms with Crippen molar-refractivity contribution in [2.75, 3.05) is 0 Å². The van der Waals surface area contributed by atoms with E-state index in [1.165, 1.54) is 11.1 Å². The normalized spacial score (nSPS) is 12.5. The zero-order valence-corrected chi connectivity index (χ0v) is 13.6. The maximum absolute atomic E-state index is 6.39. The highest BCUT2D eigenvalue weighted by Crippen LogP contribution is 2.31. The molecular formula is C16H17BrClN. The molecule has 1 nitrogen and oxygen atoms in total. The Morgan fingerprint density at radius 3 is 2.32 bits per heavy atom. The molecule has 0 heterocycles. The fourth-order valence-corrected chi connectivity index (χ4v) is 3.00. The Morgan fingerprint density at radius 1 is 1.00 bits per heavy atom. The molecule has 2 aromatic rings. The van der Waals surface area contributed by atoms with Crippen LogP contribution in [0.2, 0.25) is 5.02 Å². The average Bonchev–Trinajstić information content (AvgIpc) is 2.33. The van der Waals surface area contributed by atoms with Gasteiger partial charge in [-0.2, -0.15) is 0 Å². The second-order valence-electron chi connectivity index (χ2n) is 4.96. The van der Waals surface area contributed by atoms with Gasteiger partial charge >= 0.3 is 0 Å². The van der Waals surface area contributed by atoms with Crippen LogP contribution in [0.15, 0.2) is 34.8 Å². The third-order valence-electron chi connectivity index (χ3n) is 3.37. The maximum Gasteiger partial charge on any atom is 0.0569 e. The molecule has 1 atom stereocenters. The van der Waals surface area contributed by atoms with Crippen LogP contribution in [0.1, 0.15) is 33.9 Å². The molecule has 0 spiro atoms. The van der Waals surface area contributed by atoms with E-state index in [9.17, 15) is 0 Å². The van der Waals surface area contributed by atoms with Crippen LogP contribution in [0.25, 0.3) is 0 Å². The van der Waals surface area contributed by atoms with Crippen LogP contribution in [0.4, 0.5) is 0 Å². The molecule has 0 saturated carbocycles. The number of rotatable bonds is 2. The Labute approximate surface area is 127 Å². The number of aryl methyl sites for hydroxylation is 3. The van der Waals surface area contributed by atoms with E-state index in [2.05, 4.69) is 41.9 Å². The molecule has 2 N–H and O–H groups in total. The molecule has 0 radical (unpaired) electrons. The summed E-state index contributed by atoms with van der Waals surface area (Å²) in [4.78, 5) is 0. The summed E-state index contributed by atoms with van der Waals surface area (Å²) in [6.45, 7) is 6.16. The van der Waals surface area contributed by atoms with E-state index < -0.39 is 0 Å². The van der Waals surface area contributed by atoms with Gasteiger partial charge in [-0.3, -0.25) is 0 Å². The van der Waals surface area contributed by atoms with Gasteiger partial charge in [0.25, 0.3) is 0 Å². The first-order chi connectivity index (χ1) is 8.90. The molecule has 0 saturated heterocycles. The van der Waals surface area contributed by atoms with Gasteiger partial charge in [0.15, 0.2) is 0 Å². The van der Waals surface area contributed by atoms with Crippen molar-refractivity contribution in [1.82, 2.24) is 0 Å².